The van der Waals surface area contributed by atoms with E-state index in [1.807, 2.05) is 13.8 Å². The Morgan fingerprint density at radius 2 is 1.96 bits per heavy atom. The number of aryl methyl sites for hydroxylation is 2. The highest BCUT2D eigenvalue weighted by atomic mass is 127. The largest absolute Gasteiger partial charge is 0.381 e. The highest BCUT2D eigenvalue weighted by Crippen LogP contribution is 2.22. The number of rotatable bonds is 10. The summed E-state index contributed by atoms with van der Waals surface area (Å²) < 4.78 is 10.8. The lowest BCUT2D eigenvalue weighted by molar-refractivity contribution is 0.129. The second-order valence-corrected chi connectivity index (χ2v) is 5.84. The van der Waals surface area contributed by atoms with Crippen molar-refractivity contribution in [1.82, 2.24) is 15.8 Å². The van der Waals surface area contributed by atoms with Gasteiger partial charge >= 0.3 is 0 Å². The number of aromatic nitrogens is 1. The van der Waals surface area contributed by atoms with Crippen molar-refractivity contribution in [2.75, 3.05) is 33.4 Å². The number of nitrogens with zero attached hydrogens (tertiary/aromatic N) is 2. The van der Waals surface area contributed by atoms with E-state index in [0.29, 0.717) is 5.92 Å². The summed E-state index contributed by atoms with van der Waals surface area (Å²) in [5.41, 5.74) is 2.14. The monoisotopic (exact) mass is 452 g/mol. The van der Waals surface area contributed by atoms with E-state index in [1.165, 1.54) is 12.0 Å². The Kier molecular flexibility index (Phi) is 13.0. The van der Waals surface area contributed by atoms with Crippen molar-refractivity contribution in [2.45, 2.75) is 52.9 Å². The van der Waals surface area contributed by atoms with E-state index in [4.69, 9.17) is 9.26 Å². The van der Waals surface area contributed by atoms with Crippen LogP contribution in [0.5, 0.6) is 0 Å². The Hall–Kier alpha value is -0.830. The van der Waals surface area contributed by atoms with Crippen LogP contribution in [0.4, 0.5) is 0 Å². The second-order valence-electron chi connectivity index (χ2n) is 5.84. The summed E-state index contributed by atoms with van der Waals surface area (Å²) in [6, 6.07) is 0. The summed E-state index contributed by atoms with van der Waals surface area (Å²) in [5, 5.41) is 10.7. The number of hydrogen-bond donors (Lipinski definition) is 2. The maximum Gasteiger partial charge on any atom is 0.190 e. The third-order valence-corrected chi connectivity index (χ3v) is 3.78. The minimum Gasteiger partial charge on any atom is -0.381 e. The molecule has 0 bridgehead atoms. The molecule has 140 valence electrons. The number of aliphatic imine (C=N–C) groups is 1. The van der Waals surface area contributed by atoms with E-state index in [9.17, 15) is 0 Å². The molecule has 1 aromatic rings. The minimum atomic E-state index is 0. The Labute approximate surface area is 163 Å². The van der Waals surface area contributed by atoms with E-state index >= 15 is 0 Å². The molecular formula is C17H33IN4O2. The van der Waals surface area contributed by atoms with E-state index in [-0.39, 0.29) is 24.0 Å². The lowest BCUT2D eigenvalue weighted by Gasteiger charge is -2.16. The highest BCUT2D eigenvalue weighted by Gasteiger charge is 2.16. The molecule has 0 aliphatic heterocycles. The summed E-state index contributed by atoms with van der Waals surface area (Å²) in [5.74, 6) is 2.03. The van der Waals surface area contributed by atoms with Crippen molar-refractivity contribution in [3.05, 3.63) is 17.0 Å². The molecule has 0 spiro atoms. The molecule has 1 heterocycles. The van der Waals surface area contributed by atoms with Crippen LogP contribution < -0.4 is 10.6 Å². The first kappa shape index (κ1) is 23.2. The van der Waals surface area contributed by atoms with E-state index < -0.39 is 0 Å². The maximum atomic E-state index is 5.55. The Bertz CT molecular complexity index is 458. The van der Waals surface area contributed by atoms with Gasteiger partial charge in [0.2, 0.25) is 0 Å². The second kappa shape index (κ2) is 13.5. The fraction of sp³-hybridized carbons (Fsp3) is 0.765. The van der Waals surface area contributed by atoms with Gasteiger partial charge in [0.25, 0.3) is 0 Å². The fourth-order valence-electron chi connectivity index (χ4n) is 2.50. The van der Waals surface area contributed by atoms with E-state index in [2.05, 4.69) is 34.6 Å². The molecule has 24 heavy (non-hydrogen) atoms. The first-order valence-electron chi connectivity index (χ1n) is 8.55. The molecule has 1 atom stereocenters. The first-order valence-corrected chi connectivity index (χ1v) is 8.55. The molecule has 0 radical (unpaired) electrons. The molecule has 0 aliphatic rings. The van der Waals surface area contributed by atoms with E-state index in [0.717, 1.165) is 56.6 Å². The van der Waals surface area contributed by atoms with Crippen molar-refractivity contribution >= 4 is 29.9 Å². The molecule has 7 heteroatoms. The van der Waals surface area contributed by atoms with Crippen LogP contribution in [0.2, 0.25) is 0 Å². The van der Waals surface area contributed by atoms with Crippen molar-refractivity contribution in [3.63, 3.8) is 0 Å². The van der Waals surface area contributed by atoms with Gasteiger partial charge in [-0.3, -0.25) is 4.99 Å². The third kappa shape index (κ3) is 8.32. The Morgan fingerprint density at radius 1 is 1.25 bits per heavy atom. The molecule has 0 amide bonds. The van der Waals surface area contributed by atoms with Crippen LogP contribution >= 0.6 is 24.0 Å². The van der Waals surface area contributed by atoms with Gasteiger partial charge in [0.15, 0.2) is 5.96 Å². The number of unbranched alkanes of at least 4 members (excludes halogenated alkanes) is 1. The lowest BCUT2D eigenvalue weighted by Crippen LogP contribution is -2.39. The van der Waals surface area contributed by atoms with E-state index in [1.54, 1.807) is 7.05 Å². The van der Waals surface area contributed by atoms with Gasteiger partial charge in [-0.2, -0.15) is 0 Å². The standard InChI is InChI=1S/C17H32N4O2.HI/c1-6-7-10-22-11-8-9-19-17(18-5)20-12-13(2)16-14(3)21-23-15(16)4;/h13H,6-12H2,1-5H3,(H2,18,19,20);1H. The highest BCUT2D eigenvalue weighted by molar-refractivity contribution is 14.0. The molecule has 0 fully saturated rings. The van der Waals surface area contributed by atoms with Crippen LogP contribution in [-0.2, 0) is 4.74 Å². The third-order valence-electron chi connectivity index (χ3n) is 3.78. The molecule has 2 N–H and O–H groups in total. The lowest BCUT2D eigenvalue weighted by atomic mass is 10.00. The predicted molar refractivity (Wildman–Crippen MR) is 110 cm³/mol. The molecule has 0 aromatic carbocycles. The molecule has 0 saturated heterocycles. The predicted octanol–water partition coefficient (Wildman–Crippen LogP) is 3.38. The molecule has 1 aromatic heterocycles. The van der Waals surface area contributed by atoms with Gasteiger partial charge in [-0.1, -0.05) is 25.4 Å². The van der Waals surface area contributed by atoms with Crippen molar-refractivity contribution < 1.29 is 9.26 Å². The van der Waals surface area contributed by atoms with Gasteiger partial charge in [0.1, 0.15) is 5.76 Å². The number of hydrogen-bond acceptors (Lipinski definition) is 4. The molecule has 0 saturated carbocycles. The summed E-state index contributed by atoms with van der Waals surface area (Å²) >= 11 is 0. The Balaban J connectivity index is 0.00000529. The molecule has 6 nitrogen and oxygen atoms in total. The summed E-state index contributed by atoms with van der Waals surface area (Å²) in [6.07, 6.45) is 3.29. The van der Waals surface area contributed by atoms with Crippen LogP contribution in [0, 0.1) is 13.8 Å². The van der Waals surface area contributed by atoms with Crippen molar-refractivity contribution in [3.8, 4) is 0 Å². The number of ether oxygens (including phenoxy) is 1. The van der Waals surface area contributed by atoms with Crippen molar-refractivity contribution in [2.24, 2.45) is 4.99 Å². The quantitative estimate of drug-likeness (QED) is 0.247. The average molecular weight is 452 g/mol. The zero-order valence-corrected chi connectivity index (χ0v) is 18.0. The number of nitrogens with one attached hydrogen (secondary N) is 2. The van der Waals surface area contributed by atoms with Crippen LogP contribution in [0.15, 0.2) is 9.52 Å². The summed E-state index contributed by atoms with van der Waals surface area (Å²) in [6.45, 7) is 11.6. The zero-order chi connectivity index (χ0) is 17.1. The molecule has 1 rings (SSSR count). The van der Waals surface area contributed by atoms with Crippen LogP contribution in [0.1, 0.15) is 56.0 Å². The van der Waals surface area contributed by atoms with Gasteiger partial charge < -0.3 is 19.9 Å². The fourth-order valence-corrected chi connectivity index (χ4v) is 2.50. The topological polar surface area (TPSA) is 71.7 Å². The molecular weight excluding hydrogens is 419 g/mol. The smallest absolute Gasteiger partial charge is 0.190 e. The van der Waals surface area contributed by atoms with Gasteiger partial charge in [-0.05, 0) is 26.7 Å². The van der Waals surface area contributed by atoms with Crippen molar-refractivity contribution in [1.29, 1.82) is 0 Å². The normalized spacial score (nSPS) is 12.6. The summed E-state index contributed by atoms with van der Waals surface area (Å²) in [4.78, 5) is 4.25. The van der Waals surface area contributed by atoms with Gasteiger partial charge in [-0.15, -0.1) is 24.0 Å². The maximum absolute atomic E-state index is 5.55. The van der Waals surface area contributed by atoms with Crippen LogP contribution in [0.25, 0.3) is 0 Å². The molecule has 0 aliphatic carbocycles. The SMILES string of the molecule is CCCCOCCCNC(=NC)NCC(C)c1c(C)noc1C.I. The first-order chi connectivity index (χ1) is 11.1. The van der Waals surface area contributed by atoms with Crippen LogP contribution in [0.3, 0.4) is 0 Å². The summed E-state index contributed by atoms with van der Waals surface area (Å²) in [7, 11) is 1.79. The van der Waals surface area contributed by atoms with Crippen LogP contribution in [-0.4, -0.2) is 44.5 Å². The number of halogens is 1. The Morgan fingerprint density at radius 3 is 2.54 bits per heavy atom. The van der Waals surface area contributed by atoms with Gasteiger partial charge in [0.05, 0.1) is 5.69 Å². The van der Waals surface area contributed by atoms with Gasteiger partial charge in [0, 0.05) is 44.8 Å². The number of guanidine groups is 1. The zero-order valence-electron chi connectivity index (χ0n) is 15.6. The minimum absolute atomic E-state index is 0. The average Bonchev–Trinajstić information content (AvgIpc) is 2.88. The van der Waals surface area contributed by atoms with Gasteiger partial charge in [-0.25, -0.2) is 0 Å². The molecule has 1 unspecified atom stereocenters.